The van der Waals surface area contributed by atoms with Crippen LogP contribution in [0.25, 0.3) is 10.9 Å². The first-order valence-electron chi connectivity index (χ1n) is 6.96. The van der Waals surface area contributed by atoms with Crippen LogP contribution in [0.15, 0.2) is 30.3 Å². The van der Waals surface area contributed by atoms with E-state index < -0.39 is 0 Å². The summed E-state index contributed by atoms with van der Waals surface area (Å²) in [6, 6.07) is 11.6. The van der Waals surface area contributed by atoms with E-state index in [0.29, 0.717) is 16.5 Å². The molecule has 0 bridgehead atoms. The number of non-ortho nitro benzene ring substituents is 1. The molecule has 1 heterocycles. The largest absolute Gasteiger partial charge is 0.347 e. The summed E-state index contributed by atoms with van der Waals surface area (Å²) in [5.74, 6) is 0. The van der Waals surface area contributed by atoms with Gasteiger partial charge in [0.05, 0.1) is 15.5 Å². The van der Waals surface area contributed by atoms with Crippen molar-refractivity contribution in [2.24, 2.45) is 7.05 Å². The lowest BCUT2D eigenvalue weighted by Gasteiger charge is -2.08. The summed E-state index contributed by atoms with van der Waals surface area (Å²) in [6.07, 6.45) is 0.535. The van der Waals surface area contributed by atoms with Gasteiger partial charge in [0.15, 0.2) is 0 Å². The Kier molecular flexibility index (Phi) is 4.04. The molecule has 0 saturated carbocycles. The minimum Gasteiger partial charge on any atom is -0.347 e. The van der Waals surface area contributed by atoms with Gasteiger partial charge in [0.1, 0.15) is 0 Å². The number of hydrogen-bond acceptors (Lipinski definition) is 2. The van der Waals surface area contributed by atoms with Crippen molar-refractivity contribution in [3.8, 4) is 0 Å². The van der Waals surface area contributed by atoms with E-state index in [9.17, 15) is 10.1 Å². The molecule has 4 nitrogen and oxygen atoms in total. The summed E-state index contributed by atoms with van der Waals surface area (Å²) in [6.45, 7) is 1.87. The fourth-order valence-corrected chi connectivity index (χ4v) is 3.25. The molecule has 0 atom stereocenters. The number of aryl methyl sites for hydroxylation is 2. The molecule has 1 radical (unpaired) electrons. The molecule has 0 aliphatic carbocycles. The zero-order valence-corrected chi connectivity index (χ0v) is 14.1. The summed E-state index contributed by atoms with van der Waals surface area (Å²) in [4.78, 5) is 10.7. The highest BCUT2D eigenvalue weighted by Gasteiger charge is 2.16. The van der Waals surface area contributed by atoms with Gasteiger partial charge in [0, 0.05) is 47.8 Å². The van der Waals surface area contributed by atoms with Crippen molar-refractivity contribution < 1.29 is 4.92 Å². The Hall–Kier alpha value is -2.04. The molecule has 3 rings (SSSR count). The summed E-state index contributed by atoms with van der Waals surface area (Å²) in [7, 11) is 1.88. The zero-order chi connectivity index (χ0) is 16.7. The van der Waals surface area contributed by atoms with E-state index in [1.165, 1.54) is 0 Å². The SMILES string of the molecule is Cc1cc([N+](=O)[O-])cc2c1cc(Cc1c(Cl)[c]ccc1Cl)n2C. The van der Waals surface area contributed by atoms with Crippen LogP contribution in [0, 0.1) is 23.1 Å². The maximum atomic E-state index is 11.1. The second-order valence-electron chi connectivity index (χ2n) is 5.44. The fraction of sp³-hybridized carbons (Fsp3) is 0.176. The Morgan fingerprint density at radius 1 is 1.30 bits per heavy atom. The monoisotopic (exact) mass is 347 g/mol. The van der Waals surface area contributed by atoms with Gasteiger partial charge >= 0.3 is 0 Å². The molecule has 0 aliphatic heterocycles. The molecule has 0 N–H and O–H groups in total. The molecule has 3 aromatic rings. The van der Waals surface area contributed by atoms with E-state index in [1.54, 1.807) is 24.3 Å². The van der Waals surface area contributed by atoms with Crippen molar-refractivity contribution in [1.82, 2.24) is 4.57 Å². The van der Waals surface area contributed by atoms with Gasteiger partial charge in [-0.25, -0.2) is 0 Å². The van der Waals surface area contributed by atoms with Crippen LogP contribution in [0.5, 0.6) is 0 Å². The molecular formula is C17H13Cl2N2O2. The molecule has 0 aliphatic rings. The molecule has 0 amide bonds. The van der Waals surface area contributed by atoms with Crippen molar-refractivity contribution in [3.63, 3.8) is 0 Å². The lowest BCUT2D eigenvalue weighted by Crippen LogP contribution is -1.99. The first-order valence-corrected chi connectivity index (χ1v) is 7.72. The molecule has 0 fully saturated rings. The lowest BCUT2D eigenvalue weighted by molar-refractivity contribution is -0.384. The van der Waals surface area contributed by atoms with E-state index in [2.05, 4.69) is 6.07 Å². The van der Waals surface area contributed by atoms with E-state index in [1.807, 2.05) is 24.6 Å². The summed E-state index contributed by atoms with van der Waals surface area (Å²) in [5.41, 5.74) is 3.56. The highest BCUT2D eigenvalue weighted by molar-refractivity contribution is 6.35. The Balaban J connectivity index is 2.14. The zero-order valence-electron chi connectivity index (χ0n) is 12.6. The molecule has 0 saturated heterocycles. The van der Waals surface area contributed by atoms with E-state index in [-0.39, 0.29) is 10.6 Å². The van der Waals surface area contributed by atoms with Gasteiger partial charge in [0.25, 0.3) is 5.69 Å². The van der Waals surface area contributed by atoms with Crippen molar-refractivity contribution in [1.29, 1.82) is 0 Å². The molecule has 117 valence electrons. The van der Waals surface area contributed by atoms with Gasteiger partial charge in [-0.1, -0.05) is 29.3 Å². The number of aromatic nitrogens is 1. The molecular weight excluding hydrogens is 335 g/mol. The first-order chi connectivity index (χ1) is 10.9. The van der Waals surface area contributed by atoms with Crippen LogP contribution in [-0.4, -0.2) is 9.49 Å². The van der Waals surface area contributed by atoms with Crippen LogP contribution in [0.3, 0.4) is 0 Å². The van der Waals surface area contributed by atoms with Gasteiger partial charge < -0.3 is 4.57 Å². The normalized spacial score (nSPS) is 11.1. The standard InChI is InChI=1S/C17H13Cl2N2O2/c1-10-6-12(21(22)23)9-17-13(10)7-11(20(17)2)8-14-15(18)4-3-5-16(14)19/h3-4,6-7,9H,8H2,1-2H3. The summed E-state index contributed by atoms with van der Waals surface area (Å²) >= 11 is 12.4. The van der Waals surface area contributed by atoms with Crippen LogP contribution in [0.1, 0.15) is 16.8 Å². The third-order valence-corrected chi connectivity index (χ3v) is 4.71. The van der Waals surface area contributed by atoms with Crippen molar-refractivity contribution in [2.75, 3.05) is 0 Å². The van der Waals surface area contributed by atoms with Crippen LogP contribution < -0.4 is 0 Å². The molecule has 0 unspecified atom stereocenters. The first kappa shape index (κ1) is 15.8. The number of nitro groups is 1. The molecule has 6 heteroatoms. The average molecular weight is 348 g/mol. The number of fused-ring (bicyclic) bond motifs is 1. The number of nitro benzene ring substituents is 1. The Labute approximate surface area is 143 Å². The number of rotatable bonds is 3. The lowest BCUT2D eigenvalue weighted by atomic mass is 10.1. The Bertz CT molecular complexity index is 912. The second kappa shape index (κ2) is 5.87. The minimum absolute atomic E-state index is 0.0897. The highest BCUT2D eigenvalue weighted by Crippen LogP contribution is 2.31. The third-order valence-electron chi connectivity index (χ3n) is 4.01. The highest BCUT2D eigenvalue weighted by atomic mass is 35.5. The van der Waals surface area contributed by atoms with Crippen molar-refractivity contribution in [2.45, 2.75) is 13.3 Å². The third kappa shape index (κ3) is 2.80. The van der Waals surface area contributed by atoms with E-state index in [4.69, 9.17) is 23.2 Å². The Morgan fingerprint density at radius 3 is 2.70 bits per heavy atom. The molecule has 1 aromatic heterocycles. The number of nitrogens with zero attached hydrogens (tertiary/aromatic N) is 2. The minimum atomic E-state index is -0.376. The average Bonchev–Trinajstić information content (AvgIpc) is 2.80. The van der Waals surface area contributed by atoms with E-state index >= 15 is 0 Å². The summed E-state index contributed by atoms with van der Waals surface area (Å²) in [5, 5.41) is 13.1. The van der Waals surface area contributed by atoms with Gasteiger partial charge in [-0.15, -0.1) is 0 Å². The second-order valence-corrected chi connectivity index (χ2v) is 6.23. The van der Waals surface area contributed by atoms with Crippen molar-refractivity contribution >= 4 is 39.8 Å². The Morgan fingerprint density at radius 2 is 2.04 bits per heavy atom. The topological polar surface area (TPSA) is 48.1 Å². The van der Waals surface area contributed by atoms with E-state index in [0.717, 1.165) is 27.7 Å². The molecule has 23 heavy (non-hydrogen) atoms. The quantitative estimate of drug-likeness (QED) is 0.489. The maximum absolute atomic E-state index is 11.1. The van der Waals surface area contributed by atoms with Crippen LogP contribution in [-0.2, 0) is 13.5 Å². The number of halogens is 2. The number of hydrogen-bond donors (Lipinski definition) is 0. The smallest absolute Gasteiger partial charge is 0.271 e. The number of benzene rings is 2. The van der Waals surface area contributed by atoms with Gasteiger partial charge in [-0.2, -0.15) is 0 Å². The van der Waals surface area contributed by atoms with Crippen LogP contribution >= 0.6 is 23.2 Å². The fourth-order valence-electron chi connectivity index (χ4n) is 2.74. The van der Waals surface area contributed by atoms with Crippen LogP contribution in [0.4, 0.5) is 5.69 Å². The predicted octanol–water partition coefficient (Wildman–Crippen LogP) is 5.09. The summed E-state index contributed by atoms with van der Waals surface area (Å²) < 4.78 is 1.94. The molecule has 0 spiro atoms. The maximum Gasteiger partial charge on any atom is 0.271 e. The molecule has 2 aromatic carbocycles. The predicted molar refractivity (Wildman–Crippen MR) is 92.4 cm³/mol. The van der Waals surface area contributed by atoms with Crippen molar-refractivity contribution in [3.05, 3.63) is 73.4 Å². The van der Waals surface area contributed by atoms with Gasteiger partial charge in [-0.05, 0) is 30.2 Å². The van der Waals surface area contributed by atoms with Gasteiger partial charge in [-0.3, -0.25) is 10.1 Å². The van der Waals surface area contributed by atoms with Gasteiger partial charge in [0.2, 0.25) is 0 Å². The van der Waals surface area contributed by atoms with Crippen LogP contribution in [0.2, 0.25) is 10.0 Å².